The fourth-order valence-corrected chi connectivity index (χ4v) is 5.02. The second-order valence-corrected chi connectivity index (χ2v) is 8.58. The van der Waals surface area contributed by atoms with Crippen LogP contribution < -0.4 is 4.90 Å². The van der Waals surface area contributed by atoms with Crippen molar-refractivity contribution in [2.24, 2.45) is 5.16 Å². The van der Waals surface area contributed by atoms with Crippen LogP contribution in [-0.2, 0) is 11.4 Å². The van der Waals surface area contributed by atoms with Crippen LogP contribution in [0.15, 0.2) is 46.9 Å². The summed E-state index contributed by atoms with van der Waals surface area (Å²) in [6.07, 6.45) is 5.58. The first-order valence-electron chi connectivity index (χ1n) is 9.09. The molecule has 4 rings (SSSR count). The van der Waals surface area contributed by atoms with Gasteiger partial charge in [0.15, 0.2) is 0 Å². The molecule has 0 saturated carbocycles. The summed E-state index contributed by atoms with van der Waals surface area (Å²) in [5.74, 6) is -0.423. The van der Waals surface area contributed by atoms with Gasteiger partial charge in [0, 0.05) is 30.7 Å². The van der Waals surface area contributed by atoms with Crippen molar-refractivity contribution >= 4 is 34.6 Å². The topological polar surface area (TPSA) is 43.1 Å². The van der Waals surface area contributed by atoms with Gasteiger partial charge in [0.05, 0.1) is 28.2 Å². The maximum absolute atomic E-state index is 12.1. The number of piperidine rings is 2. The van der Waals surface area contributed by atoms with Crippen LogP contribution in [-0.4, -0.2) is 23.8 Å². The monoisotopic (exact) mass is 389 g/mol. The van der Waals surface area contributed by atoms with E-state index in [1.165, 1.54) is 24.1 Å². The van der Waals surface area contributed by atoms with Gasteiger partial charge in [-0.3, -0.25) is 0 Å². The lowest BCUT2D eigenvalue weighted by atomic mass is 9.83. The standard InChI is InChI=1S/C20H21ClN2O2S/c21-15-8-6-14(7-9-15)20(24)25-22-16-11-17-3-1-4-18(12-16)23(17)13-19-5-2-10-26-19/h2,5-10,17-18H,1,3-4,11-13H2/p+1/t17-,18+. The van der Waals surface area contributed by atoms with E-state index in [0.29, 0.717) is 22.7 Å². The van der Waals surface area contributed by atoms with E-state index in [1.54, 1.807) is 29.2 Å². The normalized spacial score (nSPS) is 26.7. The Bertz CT molecular complexity index is 773. The van der Waals surface area contributed by atoms with E-state index in [2.05, 4.69) is 22.7 Å². The van der Waals surface area contributed by atoms with Crippen molar-refractivity contribution in [2.75, 3.05) is 0 Å². The fraction of sp³-hybridized carbons (Fsp3) is 0.400. The maximum atomic E-state index is 12.1. The molecule has 0 aliphatic carbocycles. The summed E-state index contributed by atoms with van der Waals surface area (Å²) in [4.78, 5) is 20.5. The number of oxime groups is 1. The van der Waals surface area contributed by atoms with Gasteiger partial charge in [0.2, 0.25) is 0 Å². The number of thiophene rings is 1. The second kappa shape index (κ2) is 7.91. The van der Waals surface area contributed by atoms with E-state index in [9.17, 15) is 4.79 Å². The summed E-state index contributed by atoms with van der Waals surface area (Å²) in [6.45, 7) is 1.10. The highest BCUT2D eigenvalue weighted by molar-refractivity contribution is 7.09. The molecule has 0 spiro atoms. The summed E-state index contributed by atoms with van der Waals surface area (Å²) >= 11 is 7.69. The molecule has 2 bridgehead atoms. The molecule has 3 heterocycles. The number of rotatable bonds is 4. The Kier molecular flexibility index (Phi) is 5.38. The summed E-state index contributed by atoms with van der Waals surface area (Å²) in [5, 5.41) is 6.97. The van der Waals surface area contributed by atoms with Gasteiger partial charge < -0.3 is 9.74 Å². The van der Waals surface area contributed by atoms with Crippen LogP contribution in [0.4, 0.5) is 0 Å². The molecule has 2 aliphatic rings. The number of halogens is 1. The van der Waals surface area contributed by atoms with Crippen LogP contribution in [0, 0.1) is 0 Å². The fourth-order valence-electron chi connectivity index (χ4n) is 4.16. The Hall–Kier alpha value is -1.69. The predicted octanol–water partition coefficient (Wildman–Crippen LogP) is 3.71. The lowest BCUT2D eigenvalue weighted by Gasteiger charge is -2.42. The zero-order valence-electron chi connectivity index (χ0n) is 14.5. The number of nitrogens with one attached hydrogen (secondary N) is 1. The molecule has 1 aromatic carbocycles. The minimum Gasteiger partial charge on any atom is -0.325 e. The molecule has 6 heteroatoms. The largest absolute Gasteiger partial charge is 0.365 e. The number of carbonyl (C=O) groups is 1. The lowest BCUT2D eigenvalue weighted by molar-refractivity contribution is -0.969. The SMILES string of the molecule is O=C(ON=C1C[C@H]2CCC[C@@H](C1)[NH+]2Cc1cccs1)c1ccc(Cl)cc1. The third-order valence-corrected chi connectivity index (χ3v) is 6.54. The van der Waals surface area contributed by atoms with E-state index >= 15 is 0 Å². The zero-order valence-corrected chi connectivity index (χ0v) is 16.1. The molecule has 1 N–H and O–H groups in total. The Morgan fingerprint density at radius 1 is 1.19 bits per heavy atom. The molecule has 4 nitrogen and oxygen atoms in total. The number of quaternary nitrogens is 1. The molecule has 136 valence electrons. The van der Waals surface area contributed by atoms with Crippen molar-refractivity contribution in [1.29, 1.82) is 0 Å². The molecule has 3 atom stereocenters. The number of hydrogen-bond donors (Lipinski definition) is 1. The van der Waals surface area contributed by atoms with Gasteiger partial charge in [-0.2, -0.15) is 0 Å². The molecule has 0 radical (unpaired) electrons. The third kappa shape index (κ3) is 4.00. The number of benzene rings is 1. The number of fused-ring (bicyclic) bond motifs is 2. The van der Waals surface area contributed by atoms with Crippen molar-refractivity contribution < 1.29 is 14.5 Å². The Morgan fingerprint density at radius 2 is 1.92 bits per heavy atom. The van der Waals surface area contributed by atoms with E-state index in [0.717, 1.165) is 25.1 Å². The summed E-state index contributed by atoms with van der Waals surface area (Å²) in [6, 6.07) is 12.2. The van der Waals surface area contributed by atoms with Crippen LogP contribution in [0.1, 0.15) is 47.3 Å². The van der Waals surface area contributed by atoms with Gasteiger partial charge in [-0.15, -0.1) is 11.3 Å². The molecule has 2 aliphatic heterocycles. The highest BCUT2D eigenvalue weighted by Crippen LogP contribution is 2.22. The van der Waals surface area contributed by atoms with E-state index < -0.39 is 5.97 Å². The predicted molar refractivity (Wildman–Crippen MR) is 104 cm³/mol. The van der Waals surface area contributed by atoms with E-state index in [4.69, 9.17) is 16.4 Å². The van der Waals surface area contributed by atoms with Gasteiger partial charge in [-0.1, -0.05) is 22.8 Å². The first-order chi connectivity index (χ1) is 12.7. The van der Waals surface area contributed by atoms with Crippen molar-refractivity contribution in [3.05, 3.63) is 57.2 Å². The van der Waals surface area contributed by atoms with Crippen molar-refractivity contribution in [3.63, 3.8) is 0 Å². The minimum atomic E-state index is -0.423. The number of nitrogens with zero attached hydrogens (tertiary/aromatic N) is 1. The summed E-state index contributed by atoms with van der Waals surface area (Å²) < 4.78 is 0. The van der Waals surface area contributed by atoms with Crippen molar-refractivity contribution in [2.45, 2.75) is 50.7 Å². The third-order valence-electron chi connectivity index (χ3n) is 5.41. The van der Waals surface area contributed by atoms with Gasteiger partial charge >= 0.3 is 5.97 Å². The zero-order chi connectivity index (χ0) is 17.9. The van der Waals surface area contributed by atoms with Crippen LogP contribution in [0.5, 0.6) is 0 Å². The molecular formula is C20H22ClN2O2S+. The number of hydrogen-bond acceptors (Lipinski definition) is 4. The van der Waals surface area contributed by atoms with Crippen molar-refractivity contribution in [3.8, 4) is 0 Å². The van der Waals surface area contributed by atoms with Gasteiger partial charge in [0.25, 0.3) is 0 Å². The molecule has 2 saturated heterocycles. The highest BCUT2D eigenvalue weighted by atomic mass is 35.5. The van der Waals surface area contributed by atoms with Gasteiger partial charge in [-0.25, -0.2) is 4.79 Å². The number of carbonyl (C=O) groups excluding carboxylic acids is 1. The molecule has 0 amide bonds. The van der Waals surface area contributed by atoms with Crippen LogP contribution >= 0.6 is 22.9 Å². The second-order valence-electron chi connectivity index (χ2n) is 7.11. The van der Waals surface area contributed by atoms with Crippen LogP contribution in [0.3, 0.4) is 0 Å². The average Bonchev–Trinajstić information content (AvgIpc) is 3.13. The quantitative estimate of drug-likeness (QED) is 0.639. The van der Waals surface area contributed by atoms with Crippen molar-refractivity contribution in [1.82, 2.24) is 0 Å². The molecule has 26 heavy (non-hydrogen) atoms. The molecular weight excluding hydrogens is 368 g/mol. The molecule has 1 aromatic heterocycles. The Labute approximate surface area is 162 Å². The first-order valence-corrected chi connectivity index (χ1v) is 10.4. The Morgan fingerprint density at radius 3 is 2.58 bits per heavy atom. The Balaban J connectivity index is 1.40. The highest BCUT2D eigenvalue weighted by Gasteiger charge is 2.40. The van der Waals surface area contributed by atoms with Gasteiger partial charge in [-0.05, 0) is 42.1 Å². The molecule has 1 unspecified atom stereocenters. The molecule has 2 fully saturated rings. The average molecular weight is 390 g/mol. The van der Waals surface area contributed by atoms with E-state index in [-0.39, 0.29) is 0 Å². The first kappa shape index (κ1) is 17.7. The smallest absolute Gasteiger partial charge is 0.325 e. The van der Waals surface area contributed by atoms with Gasteiger partial charge in [0.1, 0.15) is 6.54 Å². The van der Waals surface area contributed by atoms with Crippen LogP contribution in [0.25, 0.3) is 0 Å². The molecule has 2 aromatic rings. The summed E-state index contributed by atoms with van der Waals surface area (Å²) in [7, 11) is 0. The lowest BCUT2D eigenvalue weighted by Crippen LogP contribution is -3.20. The van der Waals surface area contributed by atoms with Crippen LogP contribution in [0.2, 0.25) is 5.02 Å². The minimum absolute atomic E-state index is 0.423. The maximum Gasteiger partial charge on any atom is 0.365 e. The summed E-state index contributed by atoms with van der Waals surface area (Å²) in [5.41, 5.74) is 1.50. The van der Waals surface area contributed by atoms with E-state index in [1.807, 2.05) is 11.3 Å².